The average Bonchev–Trinajstić information content (AvgIpc) is 3.88. The molecule has 7 rings (SSSR count). The third-order valence-electron chi connectivity index (χ3n) is 13.1. The summed E-state index contributed by atoms with van der Waals surface area (Å²) in [5.41, 5.74) is 7.82. The highest BCUT2D eigenvalue weighted by molar-refractivity contribution is 7.86. The molecule has 65 heavy (non-hydrogen) atoms. The summed E-state index contributed by atoms with van der Waals surface area (Å²) in [7, 11) is -13.7. The van der Waals surface area contributed by atoms with Crippen molar-refractivity contribution in [2.75, 3.05) is 73.7 Å². The SMILES string of the molecule is Cc1ccc2c(c1)C(C)(C)C(=CC=C1CC/C(=C\C=C3\N(CCCS(=O)(=O)[O-])c4ccc(S(=O)(=O)[O-])cc4C3(C)C)C1=[N+]1CCN(CCN3C(=O)C=CC3=O)CC1)N2CCCS(=O)(=O)[O-]. The van der Waals surface area contributed by atoms with Crippen molar-refractivity contribution >= 4 is 59.3 Å². The summed E-state index contributed by atoms with van der Waals surface area (Å²) in [6.07, 6.45) is 12.3. The molecule has 4 aliphatic heterocycles. The minimum Gasteiger partial charge on any atom is -0.748 e. The zero-order valence-corrected chi connectivity index (χ0v) is 39.7. The van der Waals surface area contributed by atoms with Gasteiger partial charge < -0.3 is 23.5 Å². The standard InChI is InChI=1S/C46H57N5O11S3/c1-32-8-14-38-36(30-32)45(2,3)40(49(38)20-6-28-63(54,55)56)16-11-33-9-10-34(44(33)48-25-22-47(23-26-48)24-27-51-42(52)18-19-43(51)53)12-17-41-46(4,5)37-31-35(65(60,61)62)13-15-39(37)50(41)21-7-29-64(57,58)59/h8,11-19,30-31H,6-7,9-10,20-29H2,1-5H3,(H2-,54,55,56,57,58,59,60,61,62)/p-2. The van der Waals surface area contributed by atoms with Gasteiger partial charge in [0.2, 0.25) is 5.71 Å². The van der Waals surface area contributed by atoms with Crippen LogP contribution in [0, 0.1) is 6.92 Å². The number of benzene rings is 2. The molecule has 0 atom stereocenters. The van der Waals surface area contributed by atoms with E-state index in [2.05, 4.69) is 46.4 Å². The molecule has 0 unspecified atom stereocenters. The van der Waals surface area contributed by atoms with E-state index in [9.17, 15) is 48.5 Å². The van der Waals surface area contributed by atoms with Crippen molar-refractivity contribution in [1.82, 2.24) is 9.80 Å². The number of nitrogens with zero attached hydrogens (tertiary/aromatic N) is 5. The van der Waals surface area contributed by atoms with Crippen LogP contribution in [0.15, 0.2) is 100 Å². The number of carbonyl (C=O) groups excluding carboxylic acids is 2. The highest BCUT2D eigenvalue weighted by atomic mass is 32.2. The van der Waals surface area contributed by atoms with Gasteiger partial charge in [-0.2, -0.15) is 0 Å². The lowest BCUT2D eigenvalue weighted by atomic mass is 9.83. The second-order valence-electron chi connectivity index (χ2n) is 18.3. The Kier molecular flexibility index (Phi) is 13.4. The zero-order valence-electron chi connectivity index (χ0n) is 37.3. The van der Waals surface area contributed by atoms with Crippen LogP contribution in [-0.2, 0) is 50.8 Å². The van der Waals surface area contributed by atoms with Crippen molar-refractivity contribution in [2.45, 2.75) is 76.0 Å². The first-order chi connectivity index (χ1) is 30.3. The first-order valence-corrected chi connectivity index (χ1v) is 26.3. The molecule has 4 heterocycles. The molecule has 0 radical (unpaired) electrons. The van der Waals surface area contributed by atoms with Gasteiger partial charge in [0.05, 0.1) is 38.2 Å². The van der Waals surface area contributed by atoms with Crippen molar-refractivity contribution < 1.29 is 53.1 Å². The van der Waals surface area contributed by atoms with E-state index in [0.717, 1.165) is 45.1 Å². The lowest BCUT2D eigenvalue weighted by Crippen LogP contribution is -2.47. The quantitative estimate of drug-likeness (QED) is 0.150. The molecule has 0 bridgehead atoms. The maximum atomic E-state index is 12.2. The molecule has 350 valence electrons. The van der Waals surface area contributed by atoms with E-state index in [0.29, 0.717) is 63.4 Å². The van der Waals surface area contributed by atoms with Crippen LogP contribution in [-0.4, -0.2) is 135 Å². The van der Waals surface area contributed by atoms with E-state index in [1.807, 2.05) is 50.0 Å². The Balaban J connectivity index is 1.28. The molecule has 5 aliphatic rings. The molecule has 0 spiro atoms. The minimum atomic E-state index is -4.78. The molecule has 2 amide bonds. The van der Waals surface area contributed by atoms with Gasteiger partial charge in [-0.3, -0.25) is 19.4 Å². The highest BCUT2D eigenvalue weighted by Gasteiger charge is 2.42. The van der Waals surface area contributed by atoms with Crippen LogP contribution in [0.25, 0.3) is 0 Å². The molecule has 2 aromatic carbocycles. The van der Waals surface area contributed by atoms with Crippen molar-refractivity contribution in [2.24, 2.45) is 0 Å². The van der Waals surface area contributed by atoms with Crippen LogP contribution in [0.5, 0.6) is 0 Å². The van der Waals surface area contributed by atoms with E-state index >= 15 is 0 Å². The van der Waals surface area contributed by atoms with Gasteiger partial charge >= 0.3 is 0 Å². The first-order valence-electron chi connectivity index (χ1n) is 21.7. The number of anilines is 2. The maximum Gasteiger partial charge on any atom is 0.253 e. The number of carbonyl (C=O) groups is 2. The fraction of sp³-hybridized carbons (Fsp3) is 0.457. The van der Waals surface area contributed by atoms with E-state index in [1.165, 1.54) is 29.2 Å². The van der Waals surface area contributed by atoms with E-state index in [1.54, 1.807) is 6.07 Å². The minimum absolute atomic E-state index is 0.0141. The molecular weight excluding hydrogens is 895 g/mol. The van der Waals surface area contributed by atoms with Crippen molar-refractivity contribution in [3.8, 4) is 0 Å². The molecule has 2 aromatic rings. The summed E-state index contributed by atoms with van der Waals surface area (Å²) >= 11 is 0. The van der Waals surface area contributed by atoms with E-state index < -0.39 is 52.7 Å². The second-order valence-corrected chi connectivity index (χ2v) is 22.7. The van der Waals surface area contributed by atoms with Gasteiger partial charge in [-0.05, 0) is 80.2 Å². The first kappa shape index (κ1) is 48.2. The van der Waals surface area contributed by atoms with Crippen molar-refractivity contribution in [3.63, 3.8) is 0 Å². The van der Waals surface area contributed by atoms with Gasteiger partial charge in [0.25, 0.3) is 11.8 Å². The molecule has 1 saturated heterocycles. The Labute approximate surface area is 382 Å². The summed E-state index contributed by atoms with van der Waals surface area (Å²) in [6.45, 7) is 14.0. The summed E-state index contributed by atoms with van der Waals surface area (Å²) in [5.74, 6) is -1.71. The van der Waals surface area contributed by atoms with Gasteiger partial charge in [0.1, 0.15) is 10.1 Å². The predicted octanol–water partition coefficient (Wildman–Crippen LogP) is 3.77. The number of hydrogen-bond acceptors (Lipinski definition) is 14. The summed E-state index contributed by atoms with van der Waals surface area (Å²) in [5, 5.41) is 0. The monoisotopic (exact) mass is 949 g/mol. The topological polar surface area (TPSA) is 222 Å². The molecule has 2 fully saturated rings. The molecular formula is C46H55N5O11S3-2. The Morgan fingerprint density at radius 1 is 0.631 bits per heavy atom. The second kappa shape index (κ2) is 18.1. The number of aryl methyl sites for hydroxylation is 1. The summed E-state index contributed by atoms with van der Waals surface area (Å²) in [6, 6.07) is 10.3. The molecule has 0 N–H and O–H groups in total. The number of rotatable bonds is 14. The Hall–Kier alpha value is -4.76. The molecule has 19 heteroatoms. The van der Waals surface area contributed by atoms with Gasteiger partial charge in [-0.15, -0.1) is 0 Å². The Morgan fingerprint density at radius 2 is 1.11 bits per heavy atom. The zero-order chi connectivity index (χ0) is 47.3. The van der Waals surface area contributed by atoms with Crippen LogP contribution in [0.4, 0.5) is 11.4 Å². The number of hydrogen-bond donors (Lipinski definition) is 0. The van der Waals surface area contributed by atoms with E-state index in [-0.39, 0.29) is 42.6 Å². The fourth-order valence-corrected chi connectivity index (χ4v) is 11.2. The van der Waals surface area contributed by atoms with Gasteiger partial charge in [-0.1, -0.05) is 57.5 Å². The molecule has 16 nitrogen and oxygen atoms in total. The lowest BCUT2D eigenvalue weighted by molar-refractivity contribution is -0.538. The maximum absolute atomic E-state index is 12.2. The van der Waals surface area contributed by atoms with Crippen LogP contribution in [0.1, 0.15) is 70.1 Å². The number of fused-ring (bicyclic) bond motifs is 2. The van der Waals surface area contributed by atoms with Crippen LogP contribution in [0.3, 0.4) is 0 Å². The third kappa shape index (κ3) is 10.5. The molecule has 1 aliphatic carbocycles. The third-order valence-corrected chi connectivity index (χ3v) is 15.5. The van der Waals surface area contributed by atoms with Crippen molar-refractivity contribution in [1.29, 1.82) is 0 Å². The summed E-state index contributed by atoms with van der Waals surface area (Å²) < 4.78 is 108. The smallest absolute Gasteiger partial charge is 0.253 e. The largest absolute Gasteiger partial charge is 0.748 e. The number of allylic oxidation sites excluding steroid dienone is 8. The lowest BCUT2D eigenvalue weighted by Gasteiger charge is -2.28. The van der Waals surface area contributed by atoms with Crippen molar-refractivity contribution in [3.05, 3.63) is 112 Å². The Morgan fingerprint density at radius 3 is 1.58 bits per heavy atom. The highest BCUT2D eigenvalue weighted by Crippen LogP contribution is 2.50. The van der Waals surface area contributed by atoms with Crippen LogP contribution >= 0.6 is 0 Å². The van der Waals surface area contributed by atoms with Gasteiger partial charge in [-0.25, -0.2) is 29.8 Å². The molecule has 0 aromatic heterocycles. The van der Waals surface area contributed by atoms with Gasteiger partial charge in [0, 0.05) is 94.6 Å². The predicted molar refractivity (Wildman–Crippen MR) is 244 cm³/mol. The molecule has 1 saturated carbocycles. The number of amides is 2. The Bertz CT molecular complexity index is 2810. The van der Waals surface area contributed by atoms with E-state index in [4.69, 9.17) is 0 Å². The normalized spacial score (nSPS) is 22.5. The number of imide groups is 1. The van der Waals surface area contributed by atoms with Crippen LogP contribution < -0.4 is 9.80 Å². The van der Waals surface area contributed by atoms with Crippen LogP contribution in [0.2, 0.25) is 0 Å². The number of piperazine rings is 1. The fourth-order valence-electron chi connectivity index (χ4n) is 9.77. The van der Waals surface area contributed by atoms with Gasteiger partial charge in [0.15, 0.2) is 13.1 Å². The summed E-state index contributed by atoms with van der Waals surface area (Å²) in [4.78, 5) is 31.5. The average molecular weight is 950 g/mol.